The van der Waals surface area contributed by atoms with E-state index >= 15 is 0 Å². The van der Waals surface area contributed by atoms with Crippen molar-refractivity contribution in [3.05, 3.63) is 12.7 Å². The smallest absolute Gasteiger partial charge is 0.264 e. The Kier molecular flexibility index (Phi) is 6.72. The molecule has 9 heavy (non-hydrogen) atoms. The third-order valence-corrected chi connectivity index (χ3v) is 0.769. The molecule has 0 spiro atoms. The standard InChI is InChI=1S/C3H6O4S.Zn/c1-2-3-7-8(4,5)6;/h2H,1,3H2,(H,4,5,6);. The Balaban J connectivity index is 0. The average Bonchev–Trinajstić information content (AvgIpc) is 1.59. The molecule has 0 heterocycles. The van der Waals surface area contributed by atoms with Crippen LogP contribution >= 0.6 is 0 Å². The van der Waals surface area contributed by atoms with Crippen molar-refractivity contribution in [3.63, 3.8) is 0 Å². The van der Waals surface area contributed by atoms with Crippen molar-refractivity contribution >= 4 is 10.4 Å². The molecule has 0 aromatic heterocycles. The van der Waals surface area contributed by atoms with E-state index < -0.39 is 10.4 Å². The van der Waals surface area contributed by atoms with Crippen LogP contribution in [0.3, 0.4) is 0 Å². The normalized spacial score (nSPS) is 9.89. The van der Waals surface area contributed by atoms with Gasteiger partial charge in [0.15, 0.2) is 0 Å². The first-order valence-corrected chi connectivity index (χ1v) is 3.15. The molecule has 50 valence electrons. The second kappa shape index (κ2) is 5.05. The summed E-state index contributed by atoms with van der Waals surface area (Å²) < 4.78 is 31.0. The van der Waals surface area contributed by atoms with Crippen molar-refractivity contribution in [2.75, 3.05) is 6.61 Å². The van der Waals surface area contributed by atoms with Crippen LogP contribution in [-0.4, -0.2) is 19.6 Å². The van der Waals surface area contributed by atoms with Crippen LogP contribution in [0.4, 0.5) is 0 Å². The minimum atomic E-state index is -4.26. The molecule has 1 N–H and O–H groups in total. The minimum Gasteiger partial charge on any atom is -0.264 e. The van der Waals surface area contributed by atoms with Crippen LogP contribution in [0.15, 0.2) is 12.7 Å². The molecule has 0 unspecified atom stereocenters. The Hall–Kier alpha value is 0.233. The molecule has 4 nitrogen and oxygen atoms in total. The molecule has 0 saturated heterocycles. The van der Waals surface area contributed by atoms with Gasteiger partial charge in [-0.25, -0.2) is 4.18 Å². The number of hydrogen-bond acceptors (Lipinski definition) is 3. The molecule has 0 fully saturated rings. The predicted octanol–water partition coefficient (Wildman–Crippen LogP) is -0.0107. The Morgan fingerprint density at radius 1 is 1.67 bits per heavy atom. The first kappa shape index (κ1) is 12.0. The van der Waals surface area contributed by atoms with Crippen molar-refractivity contribution in [1.29, 1.82) is 0 Å². The fourth-order valence-corrected chi connectivity index (χ4v) is 0.402. The van der Waals surface area contributed by atoms with Crippen molar-refractivity contribution in [2.24, 2.45) is 0 Å². The Labute approximate surface area is 66.6 Å². The fourth-order valence-electron chi connectivity index (χ4n) is 0.134. The monoisotopic (exact) mass is 202 g/mol. The van der Waals surface area contributed by atoms with Crippen molar-refractivity contribution in [3.8, 4) is 0 Å². The van der Waals surface area contributed by atoms with E-state index in [1.807, 2.05) is 0 Å². The van der Waals surface area contributed by atoms with E-state index in [-0.39, 0.29) is 26.1 Å². The third kappa shape index (κ3) is 11.7. The molecule has 0 aliphatic carbocycles. The zero-order chi connectivity index (χ0) is 6.62. The van der Waals surface area contributed by atoms with Gasteiger partial charge in [-0.3, -0.25) is 4.55 Å². The van der Waals surface area contributed by atoms with Crippen LogP contribution in [0.25, 0.3) is 0 Å². The van der Waals surface area contributed by atoms with Crippen molar-refractivity contribution in [1.82, 2.24) is 0 Å². The maximum absolute atomic E-state index is 9.68. The van der Waals surface area contributed by atoms with Gasteiger partial charge in [0.25, 0.3) is 0 Å². The van der Waals surface area contributed by atoms with Crippen LogP contribution < -0.4 is 0 Å². The maximum Gasteiger partial charge on any atom is 0.397 e. The molecule has 6 heteroatoms. The molecular weight excluding hydrogens is 197 g/mol. The van der Waals surface area contributed by atoms with E-state index in [9.17, 15) is 8.42 Å². The Morgan fingerprint density at radius 2 is 2.11 bits per heavy atom. The molecule has 0 aliphatic rings. The van der Waals surface area contributed by atoms with E-state index in [0.29, 0.717) is 0 Å². The van der Waals surface area contributed by atoms with Crippen LogP contribution in [0.1, 0.15) is 0 Å². The third-order valence-electron chi connectivity index (χ3n) is 0.335. The molecule has 0 aromatic rings. The summed E-state index contributed by atoms with van der Waals surface area (Å²) in [5.74, 6) is 0. The van der Waals surface area contributed by atoms with Crippen molar-refractivity contribution in [2.45, 2.75) is 0 Å². The maximum atomic E-state index is 9.68. The summed E-state index contributed by atoms with van der Waals surface area (Å²) in [5.41, 5.74) is 0. The van der Waals surface area contributed by atoms with Crippen LogP contribution in [-0.2, 0) is 34.1 Å². The molecule has 0 atom stereocenters. The minimum absolute atomic E-state index is 0. The Morgan fingerprint density at radius 3 is 2.22 bits per heavy atom. The predicted molar refractivity (Wildman–Crippen MR) is 27.7 cm³/mol. The van der Waals surface area contributed by atoms with Crippen LogP contribution in [0.5, 0.6) is 0 Å². The van der Waals surface area contributed by atoms with Gasteiger partial charge in [0, 0.05) is 19.5 Å². The first-order chi connectivity index (χ1) is 3.56. The zero-order valence-corrected chi connectivity index (χ0v) is 8.56. The second-order valence-corrected chi connectivity index (χ2v) is 2.09. The number of rotatable bonds is 3. The Bertz CT molecular complexity index is 161. The van der Waals surface area contributed by atoms with Crippen molar-refractivity contribution < 1.29 is 36.6 Å². The van der Waals surface area contributed by atoms with E-state index in [1.165, 1.54) is 6.08 Å². The zero-order valence-electron chi connectivity index (χ0n) is 4.78. The molecule has 0 saturated carbocycles. The number of hydrogen-bond donors (Lipinski definition) is 1. The van der Waals surface area contributed by atoms with Gasteiger partial charge >= 0.3 is 10.4 Å². The molecule has 0 amide bonds. The summed E-state index contributed by atoms with van der Waals surface area (Å²) in [6.45, 7) is 2.97. The van der Waals surface area contributed by atoms with E-state index in [0.717, 1.165) is 0 Å². The van der Waals surface area contributed by atoms with E-state index in [4.69, 9.17) is 4.55 Å². The van der Waals surface area contributed by atoms with Gasteiger partial charge in [0.05, 0.1) is 6.61 Å². The second-order valence-electron chi connectivity index (χ2n) is 1.00. The van der Waals surface area contributed by atoms with E-state index in [2.05, 4.69) is 10.8 Å². The topological polar surface area (TPSA) is 63.6 Å². The molecular formula is C3H6O4SZn. The van der Waals surface area contributed by atoms with Gasteiger partial charge < -0.3 is 0 Å². The van der Waals surface area contributed by atoms with Gasteiger partial charge in [-0.05, 0) is 0 Å². The first-order valence-electron chi connectivity index (χ1n) is 1.79. The SMILES string of the molecule is C=CCOS(=O)(=O)O.[Zn]. The molecule has 0 radical (unpaired) electrons. The summed E-state index contributed by atoms with van der Waals surface area (Å²) in [6.07, 6.45) is 1.22. The molecule has 0 bridgehead atoms. The van der Waals surface area contributed by atoms with Crippen LogP contribution in [0, 0.1) is 0 Å². The van der Waals surface area contributed by atoms with Gasteiger partial charge in [0.2, 0.25) is 0 Å². The summed E-state index contributed by atoms with van der Waals surface area (Å²) in [6, 6.07) is 0. The summed E-state index contributed by atoms with van der Waals surface area (Å²) >= 11 is 0. The van der Waals surface area contributed by atoms with E-state index in [1.54, 1.807) is 0 Å². The van der Waals surface area contributed by atoms with Gasteiger partial charge in [-0.2, -0.15) is 8.42 Å². The summed E-state index contributed by atoms with van der Waals surface area (Å²) in [4.78, 5) is 0. The average molecular weight is 204 g/mol. The molecule has 0 aliphatic heterocycles. The fraction of sp³-hybridized carbons (Fsp3) is 0.333. The van der Waals surface area contributed by atoms with Gasteiger partial charge in [-0.15, -0.1) is 6.58 Å². The van der Waals surface area contributed by atoms with Gasteiger partial charge in [-0.1, -0.05) is 6.08 Å². The molecule has 0 rings (SSSR count). The van der Waals surface area contributed by atoms with Crippen LogP contribution in [0.2, 0.25) is 0 Å². The summed E-state index contributed by atoms with van der Waals surface area (Å²) in [5, 5.41) is 0. The molecule has 0 aromatic carbocycles. The summed E-state index contributed by atoms with van der Waals surface area (Å²) in [7, 11) is -4.26. The van der Waals surface area contributed by atoms with Gasteiger partial charge in [0.1, 0.15) is 0 Å². The largest absolute Gasteiger partial charge is 0.397 e. The quantitative estimate of drug-likeness (QED) is 0.398.